The van der Waals surface area contributed by atoms with E-state index in [4.69, 9.17) is 14.2 Å². The Kier molecular flexibility index (Phi) is 4.28. The third-order valence-corrected chi connectivity index (χ3v) is 5.18. The standard InChI is InChI=1S/C23H18N2O5/c1-28-16-7-5-15(6-8-16)20-17-3-2-10-24-22(17)25(21(20)23(26)27)12-14-4-9-18-19(11-14)30-13-29-18/h2-11H,12-13H2,1H3,(H,26,27). The number of rotatable bonds is 5. The second kappa shape index (κ2) is 7.11. The number of aromatic carboxylic acids is 1. The Morgan fingerprint density at radius 1 is 1.13 bits per heavy atom. The fourth-order valence-electron chi connectivity index (χ4n) is 3.82. The van der Waals surface area contributed by atoms with E-state index in [-0.39, 0.29) is 12.5 Å². The number of aromatic nitrogens is 2. The lowest BCUT2D eigenvalue weighted by atomic mass is 10.0. The third kappa shape index (κ3) is 2.91. The van der Waals surface area contributed by atoms with Crippen LogP contribution in [0.1, 0.15) is 16.1 Å². The number of methoxy groups -OCH3 is 1. The molecule has 5 rings (SSSR count). The summed E-state index contributed by atoms with van der Waals surface area (Å²) in [5, 5.41) is 10.9. The lowest BCUT2D eigenvalue weighted by Crippen LogP contribution is -2.11. The molecule has 7 heteroatoms. The van der Waals surface area contributed by atoms with Gasteiger partial charge in [-0.25, -0.2) is 9.78 Å². The van der Waals surface area contributed by atoms with Crippen molar-refractivity contribution in [1.29, 1.82) is 0 Å². The molecule has 2 aromatic heterocycles. The zero-order valence-corrected chi connectivity index (χ0v) is 16.2. The van der Waals surface area contributed by atoms with Crippen molar-refractivity contribution in [3.63, 3.8) is 0 Å². The molecule has 0 amide bonds. The van der Waals surface area contributed by atoms with Gasteiger partial charge in [-0.1, -0.05) is 18.2 Å². The molecule has 0 saturated carbocycles. The number of fused-ring (bicyclic) bond motifs is 2. The van der Waals surface area contributed by atoms with Crippen LogP contribution in [0.5, 0.6) is 17.2 Å². The maximum Gasteiger partial charge on any atom is 0.353 e. The van der Waals surface area contributed by atoms with Gasteiger partial charge in [0.05, 0.1) is 13.7 Å². The van der Waals surface area contributed by atoms with E-state index in [1.807, 2.05) is 54.6 Å². The molecule has 30 heavy (non-hydrogen) atoms. The molecule has 0 aliphatic carbocycles. The Labute approximate surface area is 172 Å². The number of nitrogens with zero attached hydrogens (tertiary/aromatic N) is 2. The molecule has 1 N–H and O–H groups in total. The minimum Gasteiger partial charge on any atom is -0.497 e. The van der Waals surface area contributed by atoms with Gasteiger partial charge in [-0.15, -0.1) is 0 Å². The van der Waals surface area contributed by atoms with Crippen LogP contribution in [-0.2, 0) is 6.54 Å². The predicted octanol–water partition coefficient (Wildman–Crippen LogP) is 4.19. The van der Waals surface area contributed by atoms with Gasteiger partial charge in [0.25, 0.3) is 0 Å². The molecule has 3 heterocycles. The summed E-state index contributed by atoms with van der Waals surface area (Å²) in [6.07, 6.45) is 1.67. The summed E-state index contributed by atoms with van der Waals surface area (Å²) in [4.78, 5) is 16.9. The number of ether oxygens (including phenoxy) is 3. The predicted molar refractivity (Wildman–Crippen MR) is 110 cm³/mol. The number of carboxylic acid groups (broad SMARTS) is 1. The molecule has 0 spiro atoms. The van der Waals surface area contributed by atoms with E-state index in [0.717, 1.165) is 16.5 Å². The van der Waals surface area contributed by atoms with Crippen molar-refractivity contribution in [2.75, 3.05) is 13.9 Å². The van der Waals surface area contributed by atoms with Crippen LogP contribution < -0.4 is 14.2 Å². The maximum absolute atomic E-state index is 12.4. The quantitative estimate of drug-likeness (QED) is 0.539. The van der Waals surface area contributed by atoms with Crippen LogP contribution in [0.25, 0.3) is 22.2 Å². The van der Waals surface area contributed by atoms with Gasteiger partial charge in [0, 0.05) is 17.1 Å². The fraction of sp³-hybridized carbons (Fsp3) is 0.130. The summed E-state index contributed by atoms with van der Waals surface area (Å²) in [5.74, 6) is 1.04. The molecular weight excluding hydrogens is 384 g/mol. The molecule has 4 aromatic rings. The van der Waals surface area contributed by atoms with Crippen molar-refractivity contribution in [2.45, 2.75) is 6.54 Å². The van der Waals surface area contributed by atoms with Crippen LogP contribution in [0.15, 0.2) is 60.8 Å². The first-order valence-electron chi connectivity index (χ1n) is 9.39. The van der Waals surface area contributed by atoms with Gasteiger partial charge < -0.3 is 23.9 Å². The zero-order chi connectivity index (χ0) is 20.7. The number of carbonyl (C=O) groups is 1. The highest BCUT2D eigenvalue weighted by atomic mass is 16.7. The number of hydrogen-bond acceptors (Lipinski definition) is 5. The zero-order valence-electron chi connectivity index (χ0n) is 16.2. The summed E-state index contributed by atoms with van der Waals surface area (Å²) in [5.41, 5.74) is 3.11. The van der Waals surface area contributed by atoms with E-state index in [1.54, 1.807) is 17.9 Å². The van der Waals surface area contributed by atoms with Gasteiger partial charge in [-0.3, -0.25) is 0 Å². The molecule has 0 bridgehead atoms. The van der Waals surface area contributed by atoms with Crippen molar-refractivity contribution < 1.29 is 24.1 Å². The monoisotopic (exact) mass is 402 g/mol. The summed E-state index contributed by atoms with van der Waals surface area (Å²) < 4.78 is 17.8. The highest BCUT2D eigenvalue weighted by molar-refractivity contribution is 6.07. The van der Waals surface area contributed by atoms with E-state index in [9.17, 15) is 9.90 Å². The maximum atomic E-state index is 12.4. The Morgan fingerprint density at radius 2 is 1.93 bits per heavy atom. The Balaban J connectivity index is 1.69. The molecule has 0 saturated heterocycles. The van der Waals surface area contributed by atoms with Crippen LogP contribution >= 0.6 is 0 Å². The first kappa shape index (κ1) is 18.1. The highest BCUT2D eigenvalue weighted by Gasteiger charge is 2.25. The van der Waals surface area contributed by atoms with Crippen molar-refractivity contribution in [1.82, 2.24) is 9.55 Å². The normalized spacial score (nSPS) is 12.3. The van der Waals surface area contributed by atoms with Crippen molar-refractivity contribution in [3.8, 4) is 28.4 Å². The molecular formula is C23H18N2O5. The van der Waals surface area contributed by atoms with E-state index < -0.39 is 5.97 Å². The van der Waals surface area contributed by atoms with Crippen molar-refractivity contribution in [3.05, 3.63) is 72.1 Å². The average molecular weight is 402 g/mol. The number of pyridine rings is 1. The molecule has 0 atom stereocenters. The van der Waals surface area contributed by atoms with Gasteiger partial charge in [0.15, 0.2) is 11.5 Å². The van der Waals surface area contributed by atoms with Crippen LogP contribution in [0.3, 0.4) is 0 Å². The molecule has 150 valence electrons. The second-order valence-electron chi connectivity index (χ2n) is 6.91. The van der Waals surface area contributed by atoms with Crippen LogP contribution in [0.4, 0.5) is 0 Å². The number of benzene rings is 2. The summed E-state index contributed by atoms with van der Waals surface area (Å²) in [7, 11) is 1.60. The molecule has 7 nitrogen and oxygen atoms in total. The lowest BCUT2D eigenvalue weighted by Gasteiger charge is -2.10. The van der Waals surface area contributed by atoms with Crippen LogP contribution in [-0.4, -0.2) is 34.5 Å². The summed E-state index contributed by atoms with van der Waals surface area (Å²) in [6, 6.07) is 16.7. The fourth-order valence-corrected chi connectivity index (χ4v) is 3.82. The number of carboxylic acids is 1. The largest absolute Gasteiger partial charge is 0.497 e. The average Bonchev–Trinajstić information content (AvgIpc) is 3.36. The Morgan fingerprint density at radius 3 is 2.70 bits per heavy atom. The van der Waals surface area contributed by atoms with Crippen molar-refractivity contribution in [2.24, 2.45) is 0 Å². The van der Waals surface area contributed by atoms with E-state index >= 15 is 0 Å². The van der Waals surface area contributed by atoms with Gasteiger partial charge in [0.1, 0.15) is 17.1 Å². The van der Waals surface area contributed by atoms with Crippen molar-refractivity contribution >= 4 is 17.0 Å². The highest BCUT2D eigenvalue weighted by Crippen LogP contribution is 2.37. The Hall–Kier alpha value is -4.00. The molecule has 0 fully saturated rings. The minimum atomic E-state index is -1.01. The summed E-state index contributed by atoms with van der Waals surface area (Å²) in [6.45, 7) is 0.525. The molecule has 0 radical (unpaired) electrons. The molecule has 1 aliphatic rings. The van der Waals surface area contributed by atoms with E-state index in [0.29, 0.717) is 35.0 Å². The van der Waals surface area contributed by atoms with Gasteiger partial charge in [-0.05, 0) is 47.5 Å². The SMILES string of the molecule is COc1ccc(-c2c(C(=O)O)n(Cc3ccc4c(c3)OCO4)c3ncccc23)cc1. The molecule has 0 unspecified atom stereocenters. The van der Waals surface area contributed by atoms with Crippen LogP contribution in [0.2, 0.25) is 0 Å². The minimum absolute atomic E-state index is 0.187. The van der Waals surface area contributed by atoms with E-state index in [2.05, 4.69) is 4.98 Å². The second-order valence-corrected chi connectivity index (χ2v) is 6.91. The topological polar surface area (TPSA) is 82.8 Å². The first-order chi connectivity index (χ1) is 14.7. The molecule has 2 aromatic carbocycles. The molecule has 1 aliphatic heterocycles. The lowest BCUT2D eigenvalue weighted by molar-refractivity contribution is 0.0687. The smallest absolute Gasteiger partial charge is 0.353 e. The first-order valence-corrected chi connectivity index (χ1v) is 9.39. The van der Waals surface area contributed by atoms with Gasteiger partial charge in [-0.2, -0.15) is 0 Å². The summed E-state index contributed by atoms with van der Waals surface area (Å²) >= 11 is 0. The van der Waals surface area contributed by atoms with E-state index in [1.165, 1.54) is 0 Å². The third-order valence-electron chi connectivity index (χ3n) is 5.18. The Bertz CT molecular complexity index is 1260. The van der Waals surface area contributed by atoms with Gasteiger partial charge in [0.2, 0.25) is 6.79 Å². The van der Waals surface area contributed by atoms with Gasteiger partial charge >= 0.3 is 5.97 Å². The van der Waals surface area contributed by atoms with Crippen LogP contribution in [0, 0.1) is 0 Å². The number of hydrogen-bond donors (Lipinski definition) is 1.